The molecule has 19 heavy (non-hydrogen) atoms. The van der Waals surface area contributed by atoms with Crippen molar-refractivity contribution in [2.75, 3.05) is 6.54 Å². The number of carboxylic acids is 1. The van der Waals surface area contributed by atoms with Crippen LogP contribution in [-0.2, 0) is 4.79 Å². The van der Waals surface area contributed by atoms with Crippen molar-refractivity contribution < 1.29 is 14.7 Å². The molecule has 1 saturated carbocycles. The number of hydrogen-bond donors (Lipinski definition) is 3. The molecule has 1 fully saturated rings. The molecule has 1 amide bonds. The Morgan fingerprint density at radius 1 is 1.37 bits per heavy atom. The third kappa shape index (κ3) is 3.81. The lowest BCUT2D eigenvalue weighted by molar-refractivity contribution is -0.136. The van der Waals surface area contributed by atoms with E-state index in [2.05, 4.69) is 15.5 Å². The van der Waals surface area contributed by atoms with Crippen molar-refractivity contribution in [3.05, 3.63) is 17.5 Å². The number of rotatable bonds is 5. The standard InChI is InChI=1S/C13H19N3O3/c17-12(18)6-7-14-13(19)11-8-10(15-16-11)9-4-2-1-3-5-9/h8-9H,1-7H2,(H,14,19)(H,15,16)(H,17,18). The van der Waals surface area contributed by atoms with Crippen LogP contribution in [0.1, 0.15) is 60.6 Å². The number of nitrogens with zero attached hydrogens (tertiary/aromatic N) is 1. The van der Waals surface area contributed by atoms with Gasteiger partial charge in [0.2, 0.25) is 0 Å². The highest BCUT2D eigenvalue weighted by Gasteiger charge is 2.19. The molecule has 1 aromatic heterocycles. The molecule has 6 heteroatoms. The van der Waals surface area contributed by atoms with Gasteiger partial charge in [-0.2, -0.15) is 5.10 Å². The van der Waals surface area contributed by atoms with E-state index in [0.717, 1.165) is 18.5 Å². The monoisotopic (exact) mass is 265 g/mol. The van der Waals surface area contributed by atoms with Gasteiger partial charge in [-0.25, -0.2) is 0 Å². The maximum absolute atomic E-state index is 11.7. The summed E-state index contributed by atoms with van der Waals surface area (Å²) in [5, 5.41) is 18.0. The minimum absolute atomic E-state index is 0.0777. The van der Waals surface area contributed by atoms with Crippen LogP contribution in [0.5, 0.6) is 0 Å². The van der Waals surface area contributed by atoms with Gasteiger partial charge < -0.3 is 10.4 Å². The van der Waals surface area contributed by atoms with Crippen molar-refractivity contribution in [3.8, 4) is 0 Å². The van der Waals surface area contributed by atoms with E-state index in [1.807, 2.05) is 0 Å². The van der Waals surface area contributed by atoms with Gasteiger partial charge >= 0.3 is 5.97 Å². The molecular formula is C13H19N3O3. The summed E-state index contributed by atoms with van der Waals surface area (Å²) in [5.41, 5.74) is 1.36. The predicted molar refractivity (Wildman–Crippen MR) is 69.0 cm³/mol. The van der Waals surface area contributed by atoms with E-state index in [0.29, 0.717) is 11.6 Å². The summed E-state index contributed by atoms with van der Waals surface area (Å²) in [6.45, 7) is 0.125. The number of amides is 1. The molecule has 1 aliphatic carbocycles. The van der Waals surface area contributed by atoms with Gasteiger partial charge in [-0.3, -0.25) is 14.7 Å². The van der Waals surface area contributed by atoms with Crippen LogP contribution in [-0.4, -0.2) is 33.7 Å². The van der Waals surface area contributed by atoms with Gasteiger partial charge in [0.1, 0.15) is 5.69 Å². The van der Waals surface area contributed by atoms with E-state index in [1.165, 1.54) is 19.3 Å². The van der Waals surface area contributed by atoms with Gasteiger partial charge in [0, 0.05) is 18.2 Å². The summed E-state index contributed by atoms with van der Waals surface area (Å²) in [4.78, 5) is 22.1. The maximum atomic E-state index is 11.7. The van der Waals surface area contributed by atoms with Crippen molar-refractivity contribution in [3.63, 3.8) is 0 Å². The highest BCUT2D eigenvalue weighted by atomic mass is 16.4. The van der Waals surface area contributed by atoms with Gasteiger partial charge in [-0.1, -0.05) is 19.3 Å². The number of carbonyl (C=O) groups is 2. The summed E-state index contributed by atoms with van der Waals surface area (Å²) >= 11 is 0. The van der Waals surface area contributed by atoms with Crippen LogP contribution < -0.4 is 5.32 Å². The van der Waals surface area contributed by atoms with E-state index in [1.54, 1.807) is 6.07 Å². The quantitative estimate of drug-likeness (QED) is 0.754. The average molecular weight is 265 g/mol. The van der Waals surface area contributed by atoms with Crippen LogP contribution in [0.15, 0.2) is 6.07 Å². The summed E-state index contributed by atoms with van der Waals surface area (Å²) < 4.78 is 0. The molecule has 6 nitrogen and oxygen atoms in total. The van der Waals surface area contributed by atoms with Crippen LogP contribution in [0.25, 0.3) is 0 Å². The fourth-order valence-electron chi connectivity index (χ4n) is 2.45. The van der Waals surface area contributed by atoms with Gasteiger partial charge in [-0.15, -0.1) is 0 Å². The summed E-state index contributed by atoms with van der Waals surface area (Å²) in [5.74, 6) is -0.772. The van der Waals surface area contributed by atoms with Crippen molar-refractivity contribution in [2.45, 2.75) is 44.4 Å². The maximum Gasteiger partial charge on any atom is 0.305 e. The van der Waals surface area contributed by atoms with Gasteiger partial charge in [-0.05, 0) is 18.9 Å². The zero-order valence-electron chi connectivity index (χ0n) is 10.8. The fourth-order valence-corrected chi connectivity index (χ4v) is 2.45. The Bertz CT molecular complexity index is 450. The molecule has 1 aromatic rings. The molecule has 0 unspecified atom stereocenters. The first-order valence-electron chi connectivity index (χ1n) is 6.72. The van der Waals surface area contributed by atoms with Gasteiger partial charge in [0.15, 0.2) is 0 Å². The van der Waals surface area contributed by atoms with E-state index in [4.69, 9.17) is 5.11 Å². The molecule has 0 aliphatic heterocycles. The normalized spacial score (nSPS) is 16.2. The van der Waals surface area contributed by atoms with Crippen molar-refractivity contribution in [1.82, 2.24) is 15.5 Å². The highest BCUT2D eigenvalue weighted by Crippen LogP contribution is 2.31. The van der Waals surface area contributed by atoms with Crippen LogP contribution in [0, 0.1) is 0 Å². The highest BCUT2D eigenvalue weighted by molar-refractivity contribution is 5.92. The van der Waals surface area contributed by atoms with Crippen LogP contribution in [0.2, 0.25) is 0 Å². The zero-order valence-corrected chi connectivity index (χ0v) is 10.8. The fraction of sp³-hybridized carbons (Fsp3) is 0.615. The Morgan fingerprint density at radius 2 is 2.11 bits per heavy atom. The van der Waals surface area contributed by atoms with E-state index in [-0.39, 0.29) is 18.9 Å². The number of hydrogen-bond acceptors (Lipinski definition) is 3. The molecule has 104 valence electrons. The lowest BCUT2D eigenvalue weighted by Crippen LogP contribution is -2.26. The average Bonchev–Trinajstić information content (AvgIpc) is 2.89. The Morgan fingerprint density at radius 3 is 2.79 bits per heavy atom. The summed E-state index contributed by atoms with van der Waals surface area (Å²) in [6, 6.07) is 1.78. The Kier molecular flexibility index (Phi) is 4.54. The lowest BCUT2D eigenvalue weighted by Gasteiger charge is -2.19. The minimum Gasteiger partial charge on any atom is -0.481 e. The number of aromatic nitrogens is 2. The number of carbonyl (C=O) groups excluding carboxylic acids is 1. The number of carboxylic acid groups (broad SMARTS) is 1. The van der Waals surface area contributed by atoms with E-state index in [9.17, 15) is 9.59 Å². The van der Waals surface area contributed by atoms with Crippen LogP contribution >= 0.6 is 0 Å². The second-order valence-electron chi connectivity index (χ2n) is 4.94. The smallest absolute Gasteiger partial charge is 0.305 e. The number of aliphatic carboxylic acids is 1. The van der Waals surface area contributed by atoms with Crippen molar-refractivity contribution in [2.24, 2.45) is 0 Å². The molecule has 3 N–H and O–H groups in total. The number of H-pyrrole nitrogens is 1. The summed E-state index contributed by atoms with van der Waals surface area (Å²) in [7, 11) is 0. The molecule has 0 saturated heterocycles. The Balaban J connectivity index is 1.88. The number of aromatic amines is 1. The molecule has 0 radical (unpaired) electrons. The van der Waals surface area contributed by atoms with Gasteiger partial charge in [0.05, 0.1) is 6.42 Å². The van der Waals surface area contributed by atoms with Crippen LogP contribution in [0.4, 0.5) is 0 Å². The molecule has 0 bridgehead atoms. The first-order chi connectivity index (χ1) is 9.16. The predicted octanol–water partition coefficient (Wildman–Crippen LogP) is 1.66. The molecule has 0 spiro atoms. The first kappa shape index (κ1) is 13.6. The third-order valence-electron chi connectivity index (χ3n) is 3.50. The van der Waals surface area contributed by atoms with E-state index < -0.39 is 5.97 Å². The summed E-state index contributed by atoms with van der Waals surface area (Å²) in [6.07, 6.45) is 5.94. The minimum atomic E-state index is -0.926. The molecule has 1 aliphatic rings. The van der Waals surface area contributed by atoms with Crippen molar-refractivity contribution in [1.29, 1.82) is 0 Å². The van der Waals surface area contributed by atoms with Gasteiger partial charge in [0.25, 0.3) is 5.91 Å². The molecule has 2 rings (SSSR count). The van der Waals surface area contributed by atoms with E-state index >= 15 is 0 Å². The number of nitrogens with one attached hydrogen (secondary N) is 2. The lowest BCUT2D eigenvalue weighted by atomic mass is 9.87. The molecular weight excluding hydrogens is 246 g/mol. The largest absolute Gasteiger partial charge is 0.481 e. The second kappa shape index (κ2) is 6.36. The third-order valence-corrected chi connectivity index (χ3v) is 3.50. The zero-order chi connectivity index (χ0) is 13.7. The first-order valence-corrected chi connectivity index (χ1v) is 6.72. The second-order valence-corrected chi connectivity index (χ2v) is 4.94. The van der Waals surface area contributed by atoms with Crippen molar-refractivity contribution >= 4 is 11.9 Å². The van der Waals surface area contributed by atoms with Crippen LogP contribution in [0.3, 0.4) is 0 Å². The molecule has 1 heterocycles. The SMILES string of the molecule is O=C(O)CCNC(=O)c1cc(C2CCCCC2)[nH]n1. The molecule has 0 atom stereocenters. The Hall–Kier alpha value is -1.85. The topological polar surface area (TPSA) is 95.1 Å². The molecule has 0 aromatic carbocycles. The Labute approximate surface area is 111 Å².